The third-order valence-electron chi connectivity index (χ3n) is 2.52. The van der Waals surface area contributed by atoms with E-state index < -0.39 is 12.1 Å². The molecule has 7 heteroatoms. The second kappa shape index (κ2) is 7.07. The smallest absolute Gasteiger partial charge is 0.358 e. The van der Waals surface area contributed by atoms with Crippen LogP contribution in [0.2, 0.25) is 0 Å². The maximum atomic E-state index is 10.8. The lowest BCUT2D eigenvalue weighted by Gasteiger charge is -2.11. The van der Waals surface area contributed by atoms with Crippen LogP contribution in [0.15, 0.2) is 0 Å². The summed E-state index contributed by atoms with van der Waals surface area (Å²) in [5, 5.41) is 25.8. The van der Waals surface area contributed by atoms with Crippen molar-refractivity contribution in [2.75, 3.05) is 13.2 Å². The molecule has 1 aromatic rings. The Morgan fingerprint density at radius 3 is 2.83 bits per heavy atom. The molecule has 0 aliphatic carbocycles. The van der Waals surface area contributed by atoms with Gasteiger partial charge in [-0.3, -0.25) is 0 Å². The Kier molecular flexibility index (Phi) is 5.73. The number of carbonyl (C=O) groups is 1. The van der Waals surface area contributed by atoms with E-state index in [1.165, 1.54) is 4.68 Å². The van der Waals surface area contributed by atoms with Crippen LogP contribution in [-0.2, 0) is 11.3 Å². The van der Waals surface area contributed by atoms with Crippen LogP contribution in [0.25, 0.3) is 0 Å². The van der Waals surface area contributed by atoms with Crippen molar-refractivity contribution in [1.29, 1.82) is 0 Å². The number of carboxylic acids is 1. The van der Waals surface area contributed by atoms with Gasteiger partial charge in [-0.1, -0.05) is 18.6 Å². The predicted octanol–water partition coefficient (Wildman–Crippen LogP) is 0.462. The summed E-state index contributed by atoms with van der Waals surface area (Å²) in [6.07, 6.45) is 1.28. The van der Waals surface area contributed by atoms with Crippen molar-refractivity contribution in [1.82, 2.24) is 15.0 Å². The van der Waals surface area contributed by atoms with E-state index in [2.05, 4.69) is 17.2 Å². The van der Waals surface area contributed by atoms with E-state index in [1.807, 2.05) is 0 Å². The van der Waals surface area contributed by atoms with Crippen LogP contribution in [-0.4, -0.2) is 50.5 Å². The molecule has 1 atom stereocenters. The van der Waals surface area contributed by atoms with Gasteiger partial charge in [0, 0.05) is 6.61 Å². The highest BCUT2D eigenvalue weighted by atomic mass is 16.5. The maximum absolute atomic E-state index is 10.8. The zero-order valence-electron chi connectivity index (χ0n) is 10.7. The van der Waals surface area contributed by atoms with E-state index in [1.54, 1.807) is 6.92 Å². The van der Waals surface area contributed by atoms with Gasteiger partial charge in [0.15, 0.2) is 5.69 Å². The van der Waals surface area contributed by atoms with Gasteiger partial charge in [0.2, 0.25) is 0 Å². The van der Waals surface area contributed by atoms with E-state index >= 15 is 0 Å². The molecule has 0 aromatic carbocycles. The first kappa shape index (κ1) is 14.6. The standard InChI is InChI=1S/C11H19N3O4/c1-3-4-5-18-7-9(15)6-14-8(2)10(11(16)17)12-13-14/h9,15H,3-7H2,1-2H3,(H,16,17). The second-order valence-electron chi connectivity index (χ2n) is 4.09. The van der Waals surface area contributed by atoms with Crippen molar-refractivity contribution in [3.05, 3.63) is 11.4 Å². The van der Waals surface area contributed by atoms with Crippen molar-refractivity contribution < 1.29 is 19.7 Å². The van der Waals surface area contributed by atoms with Crippen LogP contribution in [0.4, 0.5) is 0 Å². The molecule has 0 spiro atoms. The Labute approximate surface area is 105 Å². The van der Waals surface area contributed by atoms with Crippen LogP contribution in [0, 0.1) is 6.92 Å². The summed E-state index contributed by atoms with van der Waals surface area (Å²) in [4.78, 5) is 10.8. The minimum atomic E-state index is -1.12. The van der Waals surface area contributed by atoms with E-state index in [9.17, 15) is 9.90 Å². The number of aromatic nitrogens is 3. The molecule has 2 N–H and O–H groups in total. The quantitative estimate of drug-likeness (QED) is 0.657. The lowest BCUT2D eigenvalue weighted by Crippen LogP contribution is -2.23. The summed E-state index contributed by atoms with van der Waals surface area (Å²) in [5.74, 6) is -1.12. The average Bonchev–Trinajstić information content (AvgIpc) is 2.67. The van der Waals surface area contributed by atoms with Crippen molar-refractivity contribution in [3.63, 3.8) is 0 Å². The van der Waals surface area contributed by atoms with Gasteiger partial charge >= 0.3 is 5.97 Å². The first-order chi connectivity index (χ1) is 8.56. The highest BCUT2D eigenvalue weighted by Crippen LogP contribution is 2.04. The molecule has 18 heavy (non-hydrogen) atoms. The Balaban J connectivity index is 2.44. The molecule has 0 aliphatic heterocycles. The summed E-state index contributed by atoms with van der Waals surface area (Å²) >= 11 is 0. The fourth-order valence-electron chi connectivity index (χ4n) is 1.45. The molecule has 0 aliphatic rings. The van der Waals surface area contributed by atoms with Gasteiger partial charge in [-0.25, -0.2) is 9.48 Å². The summed E-state index contributed by atoms with van der Waals surface area (Å²) in [7, 11) is 0. The third-order valence-corrected chi connectivity index (χ3v) is 2.52. The third kappa shape index (κ3) is 4.08. The molecule has 0 amide bonds. The largest absolute Gasteiger partial charge is 0.476 e. The van der Waals surface area contributed by atoms with Crippen LogP contribution in [0.1, 0.15) is 35.9 Å². The zero-order valence-corrected chi connectivity index (χ0v) is 10.7. The first-order valence-electron chi connectivity index (χ1n) is 5.95. The average molecular weight is 257 g/mol. The Morgan fingerprint density at radius 2 is 2.28 bits per heavy atom. The van der Waals surface area contributed by atoms with E-state index in [4.69, 9.17) is 9.84 Å². The van der Waals surface area contributed by atoms with Crippen LogP contribution >= 0.6 is 0 Å². The lowest BCUT2D eigenvalue weighted by molar-refractivity contribution is 0.0248. The number of hydrogen-bond acceptors (Lipinski definition) is 5. The highest BCUT2D eigenvalue weighted by Gasteiger charge is 2.16. The second-order valence-corrected chi connectivity index (χ2v) is 4.09. The molecule has 0 radical (unpaired) electrons. The van der Waals surface area contributed by atoms with Gasteiger partial charge in [-0.2, -0.15) is 0 Å². The zero-order chi connectivity index (χ0) is 13.5. The minimum Gasteiger partial charge on any atom is -0.476 e. The number of aliphatic hydroxyl groups is 1. The van der Waals surface area contributed by atoms with Gasteiger partial charge in [-0.05, 0) is 13.3 Å². The van der Waals surface area contributed by atoms with Gasteiger partial charge in [0.25, 0.3) is 0 Å². The maximum Gasteiger partial charge on any atom is 0.358 e. The normalized spacial score (nSPS) is 12.6. The lowest BCUT2D eigenvalue weighted by atomic mass is 10.3. The SMILES string of the molecule is CCCCOCC(O)Cn1nnc(C(=O)O)c1C. The molecule has 0 saturated heterocycles. The number of aliphatic hydroxyl groups excluding tert-OH is 1. The number of ether oxygens (including phenoxy) is 1. The Morgan fingerprint density at radius 1 is 1.56 bits per heavy atom. The summed E-state index contributed by atoms with van der Waals surface area (Å²) in [6.45, 7) is 4.67. The summed E-state index contributed by atoms with van der Waals surface area (Å²) in [6, 6.07) is 0. The van der Waals surface area contributed by atoms with E-state index in [0.717, 1.165) is 12.8 Å². The van der Waals surface area contributed by atoms with E-state index in [-0.39, 0.29) is 18.8 Å². The minimum absolute atomic E-state index is 0.0888. The molecule has 0 saturated carbocycles. The molecule has 1 aromatic heterocycles. The van der Waals surface area contributed by atoms with Gasteiger partial charge in [0.1, 0.15) is 0 Å². The van der Waals surface area contributed by atoms with Crippen molar-refractivity contribution in [2.24, 2.45) is 0 Å². The van der Waals surface area contributed by atoms with Crippen molar-refractivity contribution in [3.8, 4) is 0 Å². The monoisotopic (exact) mass is 257 g/mol. The number of nitrogens with zero attached hydrogens (tertiary/aromatic N) is 3. The molecule has 102 valence electrons. The number of unbranched alkanes of at least 4 members (excludes halogenated alkanes) is 1. The molecular formula is C11H19N3O4. The fourth-order valence-corrected chi connectivity index (χ4v) is 1.45. The topological polar surface area (TPSA) is 97.5 Å². The first-order valence-corrected chi connectivity index (χ1v) is 5.95. The van der Waals surface area contributed by atoms with Crippen molar-refractivity contribution in [2.45, 2.75) is 39.3 Å². The Bertz CT molecular complexity index is 392. The fraction of sp³-hybridized carbons (Fsp3) is 0.727. The molecular weight excluding hydrogens is 238 g/mol. The number of carboxylic acid groups (broad SMARTS) is 1. The molecule has 0 fully saturated rings. The highest BCUT2D eigenvalue weighted by molar-refractivity contribution is 5.86. The van der Waals surface area contributed by atoms with Gasteiger partial charge < -0.3 is 14.9 Å². The van der Waals surface area contributed by atoms with Crippen LogP contribution in [0.5, 0.6) is 0 Å². The van der Waals surface area contributed by atoms with Crippen LogP contribution in [0.3, 0.4) is 0 Å². The molecule has 0 bridgehead atoms. The molecule has 1 rings (SSSR count). The number of hydrogen-bond donors (Lipinski definition) is 2. The van der Waals surface area contributed by atoms with Gasteiger partial charge in [-0.15, -0.1) is 5.10 Å². The Hall–Kier alpha value is -1.47. The van der Waals surface area contributed by atoms with Crippen molar-refractivity contribution >= 4 is 5.97 Å². The molecule has 1 unspecified atom stereocenters. The molecule has 1 heterocycles. The summed E-state index contributed by atoms with van der Waals surface area (Å²) < 4.78 is 6.65. The summed E-state index contributed by atoms with van der Waals surface area (Å²) in [5.41, 5.74) is 0.337. The molecule has 7 nitrogen and oxygen atoms in total. The van der Waals surface area contributed by atoms with Gasteiger partial charge in [0.05, 0.1) is 24.9 Å². The van der Waals surface area contributed by atoms with Crippen LogP contribution < -0.4 is 0 Å². The van der Waals surface area contributed by atoms with E-state index in [0.29, 0.717) is 12.3 Å². The number of aromatic carboxylic acids is 1. The predicted molar refractivity (Wildman–Crippen MR) is 63.5 cm³/mol. The number of rotatable bonds is 8.